The van der Waals surface area contributed by atoms with Crippen molar-refractivity contribution in [2.45, 2.75) is 30.0 Å². The number of aliphatic hydroxyl groups is 2. The van der Waals surface area contributed by atoms with Crippen LogP contribution in [-0.4, -0.2) is 58.1 Å². The van der Waals surface area contributed by atoms with Gasteiger partial charge in [-0.3, -0.25) is 5.32 Å². The smallest absolute Gasteiger partial charge is 0.404 e. The Morgan fingerprint density at radius 1 is 1.07 bits per heavy atom. The average Bonchev–Trinajstić information content (AvgIpc) is 3.34. The summed E-state index contributed by atoms with van der Waals surface area (Å²) in [5.74, 6) is -0.379. The van der Waals surface area contributed by atoms with Gasteiger partial charge >= 0.3 is 12.3 Å². The molecule has 42 heavy (non-hydrogen) atoms. The number of benzene rings is 2. The van der Waals surface area contributed by atoms with Gasteiger partial charge in [-0.2, -0.15) is 18.3 Å². The van der Waals surface area contributed by atoms with Crippen LogP contribution in [0.15, 0.2) is 65.7 Å². The Hall–Kier alpha value is -4.19. The summed E-state index contributed by atoms with van der Waals surface area (Å²) in [5.41, 5.74) is -3.64. The monoisotopic (exact) mass is 615 g/mol. The highest BCUT2D eigenvalue weighted by atomic mass is 32.2. The molecule has 0 aliphatic carbocycles. The standard InChI is InChI=1S/C25H22F5N5O6S/c1-24(12-36,13-37)34-42(39,40)17-4-2-3-16(9-17)32-23(38)41-20-11-31-35-19(21(26)27)10-18(33-22(20)35)14-5-7-15(8-6-14)25(28,29)30/h2-11,21,34,36-37H,12-13H2,1H3,(H,32,38). The number of carbonyl (C=O) groups is 1. The fraction of sp³-hybridized carbons (Fsp3) is 0.240. The second-order valence-electron chi connectivity index (χ2n) is 9.21. The van der Waals surface area contributed by atoms with E-state index in [0.717, 1.165) is 42.6 Å². The number of carbonyl (C=O) groups excluding carboxylic acids is 1. The summed E-state index contributed by atoms with van der Waals surface area (Å²) < 4.78 is 99.9. The normalized spacial score (nSPS) is 12.6. The number of aromatic nitrogens is 3. The van der Waals surface area contributed by atoms with Gasteiger partial charge in [0.05, 0.1) is 41.1 Å². The lowest BCUT2D eigenvalue weighted by Gasteiger charge is -2.25. The lowest BCUT2D eigenvalue weighted by molar-refractivity contribution is -0.137. The summed E-state index contributed by atoms with van der Waals surface area (Å²) in [5, 5.41) is 24.8. The molecule has 17 heteroatoms. The molecule has 0 aliphatic heterocycles. The van der Waals surface area contributed by atoms with Crippen LogP contribution in [0.1, 0.15) is 24.6 Å². The Kier molecular flexibility index (Phi) is 8.49. The SMILES string of the molecule is CC(CO)(CO)NS(=O)(=O)c1cccc(NC(=O)Oc2cnn3c(C(F)F)cc(-c4ccc(C(F)(F)F)cc4)nc23)c1. The largest absolute Gasteiger partial charge is 0.417 e. The number of amides is 1. The molecule has 0 aliphatic rings. The van der Waals surface area contributed by atoms with E-state index in [4.69, 9.17) is 4.74 Å². The molecule has 0 saturated heterocycles. The van der Waals surface area contributed by atoms with Gasteiger partial charge in [-0.1, -0.05) is 18.2 Å². The molecular weight excluding hydrogens is 593 g/mol. The van der Waals surface area contributed by atoms with Crippen LogP contribution in [0.4, 0.5) is 32.4 Å². The maximum Gasteiger partial charge on any atom is 0.417 e. The highest BCUT2D eigenvalue weighted by Crippen LogP contribution is 2.33. The van der Waals surface area contributed by atoms with Gasteiger partial charge < -0.3 is 14.9 Å². The van der Waals surface area contributed by atoms with Crippen LogP contribution in [0.5, 0.6) is 5.75 Å². The van der Waals surface area contributed by atoms with Crippen LogP contribution in [0.25, 0.3) is 16.9 Å². The first kappa shape index (κ1) is 30.8. The molecule has 0 atom stereocenters. The van der Waals surface area contributed by atoms with Crippen molar-refractivity contribution in [1.82, 2.24) is 19.3 Å². The number of ether oxygens (including phenoxy) is 1. The van der Waals surface area contributed by atoms with Crippen LogP contribution < -0.4 is 14.8 Å². The number of aliphatic hydroxyl groups excluding tert-OH is 2. The quantitative estimate of drug-likeness (QED) is 0.206. The zero-order valence-corrected chi connectivity index (χ0v) is 22.2. The molecule has 0 saturated carbocycles. The summed E-state index contributed by atoms with van der Waals surface area (Å²) in [6.45, 7) is -0.125. The molecular formula is C25H22F5N5O6S. The molecule has 0 fully saturated rings. The van der Waals surface area contributed by atoms with E-state index in [9.17, 15) is 45.4 Å². The lowest BCUT2D eigenvalue weighted by atomic mass is 10.1. The van der Waals surface area contributed by atoms with Gasteiger partial charge in [0, 0.05) is 11.3 Å². The fourth-order valence-corrected chi connectivity index (χ4v) is 5.09. The summed E-state index contributed by atoms with van der Waals surface area (Å²) in [6, 6.07) is 9.45. The highest BCUT2D eigenvalue weighted by molar-refractivity contribution is 7.89. The number of fused-ring (bicyclic) bond motifs is 1. The third kappa shape index (κ3) is 6.64. The maximum atomic E-state index is 13.8. The van der Waals surface area contributed by atoms with Crippen molar-refractivity contribution in [1.29, 1.82) is 0 Å². The van der Waals surface area contributed by atoms with Crippen LogP contribution in [0, 0.1) is 0 Å². The predicted molar refractivity (Wildman–Crippen MR) is 137 cm³/mol. The van der Waals surface area contributed by atoms with Crippen molar-refractivity contribution in [2.75, 3.05) is 18.5 Å². The highest BCUT2D eigenvalue weighted by Gasteiger charge is 2.31. The summed E-state index contributed by atoms with van der Waals surface area (Å²) >= 11 is 0. The van der Waals surface area contributed by atoms with E-state index in [1.54, 1.807) is 0 Å². The second kappa shape index (κ2) is 11.6. The number of nitrogens with zero attached hydrogens (tertiary/aromatic N) is 3. The van der Waals surface area contributed by atoms with E-state index in [1.165, 1.54) is 25.1 Å². The molecule has 11 nitrogen and oxygen atoms in total. The molecule has 2 aromatic carbocycles. The first-order chi connectivity index (χ1) is 19.7. The zero-order chi connectivity index (χ0) is 30.9. The third-order valence-corrected chi connectivity index (χ3v) is 7.51. The van der Waals surface area contributed by atoms with Crippen molar-refractivity contribution in [3.63, 3.8) is 0 Å². The van der Waals surface area contributed by atoms with Crippen LogP contribution in [0.2, 0.25) is 0 Å². The third-order valence-electron chi connectivity index (χ3n) is 5.87. The Labute approximate surface area is 234 Å². The Balaban J connectivity index is 1.60. The zero-order valence-electron chi connectivity index (χ0n) is 21.4. The van der Waals surface area contributed by atoms with Crippen molar-refractivity contribution >= 4 is 27.5 Å². The van der Waals surface area contributed by atoms with Gasteiger partial charge in [-0.05, 0) is 43.3 Å². The summed E-state index contributed by atoms with van der Waals surface area (Å²) in [7, 11) is -4.25. The molecule has 4 aromatic rings. The predicted octanol–water partition coefficient (Wildman–Crippen LogP) is 3.99. The molecule has 224 valence electrons. The van der Waals surface area contributed by atoms with Gasteiger partial charge in [0.25, 0.3) is 6.43 Å². The van der Waals surface area contributed by atoms with E-state index in [0.29, 0.717) is 4.52 Å². The van der Waals surface area contributed by atoms with Gasteiger partial charge in [-0.15, -0.1) is 0 Å². The average molecular weight is 616 g/mol. The van der Waals surface area contributed by atoms with Gasteiger partial charge in [0.1, 0.15) is 5.69 Å². The number of nitrogens with one attached hydrogen (secondary N) is 2. The number of rotatable bonds is 9. The van der Waals surface area contributed by atoms with Gasteiger partial charge in [-0.25, -0.2) is 36.2 Å². The van der Waals surface area contributed by atoms with Crippen molar-refractivity contribution in [3.8, 4) is 17.0 Å². The first-order valence-electron chi connectivity index (χ1n) is 11.8. The van der Waals surface area contributed by atoms with Crippen LogP contribution in [0.3, 0.4) is 0 Å². The summed E-state index contributed by atoms with van der Waals surface area (Å²) in [4.78, 5) is 16.5. The minimum atomic E-state index is -4.61. The second-order valence-corrected chi connectivity index (χ2v) is 10.9. The number of hydrogen-bond acceptors (Lipinski definition) is 8. The molecule has 1 amide bonds. The Bertz CT molecular complexity index is 1710. The van der Waals surface area contributed by atoms with Crippen molar-refractivity contribution in [3.05, 3.63) is 72.1 Å². The molecule has 2 heterocycles. The van der Waals surface area contributed by atoms with E-state index in [-0.39, 0.29) is 33.2 Å². The Morgan fingerprint density at radius 3 is 2.33 bits per heavy atom. The molecule has 4 rings (SSSR count). The lowest BCUT2D eigenvalue weighted by Crippen LogP contribution is -2.51. The topological polar surface area (TPSA) is 155 Å². The molecule has 2 aromatic heterocycles. The number of anilines is 1. The van der Waals surface area contributed by atoms with Crippen LogP contribution in [-0.2, 0) is 16.2 Å². The van der Waals surface area contributed by atoms with E-state index in [2.05, 4.69) is 20.1 Å². The van der Waals surface area contributed by atoms with E-state index in [1.807, 2.05) is 0 Å². The van der Waals surface area contributed by atoms with E-state index < -0.39 is 58.7 Å². The van der Waals surface area contributed by atoms with Crippen LogP contribution >= 0.6 is 0 Å². The number of halogens is 5. The maximum absolute atomic E-state index is 13.8. The molecule has 0 spiro atoms. The number of alkyl halides is 5. The number of sulfonamides is 1. The van der Waals surface area contributed by atoms with E-state index >= 15 is 0 Å². The van der Waals surface area contributed by atoms with Crippen molar-refractivity contribution in [2.24, 2.45) is 0 Å². The Morgan fingerprint density at radius 2 is 1.74 bits per heavy atom. The van der Waals surface area contributed by atoms with Gasteiger partial charge in [0.15, 0.2) is 11.4 Å². The first-order valence-corrected chi connectivity index (χ1v) is 13.3. The molecule has 4 N–H and O–H groups in total. The minimum Gasteiger partial charge on any atom is -0.404 e. The fourth-order valence-electron chi connectivity index (χ4n) is 3.65. The minimum absolute atomic E-state index is 0.0549. The summed E-state index contributed by atoms with van der Waals surface area (Å²) in [6.07, 6.45) is -7.94. The molecule has 0 unspecified atom stereocenters. The molecule has 0 radical (unpaired) electrons. The van der Waals surface area contributed by atoms with Crippen molar-refractivity contribution < 1.29 is 50.1 Å². The number of hydrogen-bond donors (Lipinski definition) is 4. The van der Waals surface area contributed by atoms with Gasteiger partial charge in [0.2, 0.25) is 10.0 Å². The molecule has 0 bridgehead atoms.